The Kier molecular flexibility index (Phi) is 5.85. The molecule has 1 fully saturated rings. The molecule has 2 aromatic carbocycles. The number of ether oxygens (including phenoxy) is 1. The van der Waals surface area contributed by atoms with Crippen LogP contribution in [-0.2, 0) is 22.8 Å². The number of para-hydroxylation sites is 1. The minimum absolute atomic E-state index is 0.0148. The number of hydrogen-bond acceptors (Lipinski definition) is 4. The average molecular weight is 388 g/mol. The van der Waals surface area contributed by atoms with Gasteiger partial charge in [0.15, 0.2) is 9.84 Å². The Labute approximate surface area is 160 Å². The summed E-state index contributed by atoms with van der Waals surface area (Å²) in [6.45, 7) is 2.47. The molecule has 0 bridgehead atoms. The van der Waals surface area contributed by atoms with Crippen molar-refractivity contribution in [2.24, 2.45) is 0 Å². The average Bonchev–Trinajstić information content (AvgIpc) is 3.05. The summed E-state index contributed by atoms with van der Waals surface area (Å²) in [5.41, 5.74) is 2.67. The van der Waals surface area contributed by atoms with E-state index < -0.39 is 9.84 Å². The molecule has 0 saturated carbocycles. The van der Waals surface area contributed by atoms with Crippen molar-refractivity contribution >= 4 is 15.7 Å². The van der Waals surface area contributed by atoms with Gasteiger partial charge >= 0.3 is 0 Å². The van der Waals surface area contributed by atoms with Crippen LogP contribution in [0.3, 0.4) is 0 Å². The van der Waals surface area contributed by atoms with Crippen molar-refractivity contribution in [3.8, 4) is 5.75 Å². The molecule has 0 radical (unpaired) electrons. The molecule has 0 N–H and O–H groups in total. The third-order valence-electron chi connectivity index (χ3n) is 5.03. The smallest absolute Gasteiger partial charge is 0.258 e. The predicted octanol–water partition coefficient (Wildman–Crippen LogP) is 3.09. The third kappa shape index (κ3) is 4.50. The van der Waals surface area contributed by atoms with Crippen LogP contribution in [0.4, 0.5) is 0 Å². The molecule has 1 aliphatic heterocycles. The molecule has 1 saturated heterocycles. The van der Waals surface area contributed by atoms with E-state index in [2.05, 4.69) is 6.92 Å². The number of carbonyl (C=O) groups is 1. The fourth-order valence-corrected chi connectivity index (χ4v) is 5.17. The van der Waals surface area contributed by atoms with Gasteiger partial charge in [-0.1, -0.05) is 43.3 Å². The van der Waals surface area contributed by atoms with Gasteiger partial charge in [-0.15, -0.1) is 0 Å². The summed E-state index contributed by atoms with van der Waals surface area (Å²) in [4.78, 5) is 15.0. The zero-order chi connectivity index (χ0) is 19.4. The van der Waals surface area contributed by atoms with Gasteiger partial charge in [0.25, 0.3) is 5.91 Å². The van der Waals surface area contributed by atoms with E-state index in [1.807, 2.05) is 30.3 Å². The van der Waals surface area contributed by atoms with Crippen molar-refractivity contribution in [3.05, 3.63) is 65.2 Å². The van der Waals surface area contributed by atoms with E-state index in [1.165, 1.54) is 12.7 Å². The molecular formula is C21H25NO4S. The fourth-order valence-electron chi connectivity index (χ4n) is 3.44. The van der Waals surface area contributed by atoms with Gasteiger partial charge in [-0.05, 0) is 36.1 Å². The molecule has 0 aliphatic carbocycles. The van der Waals surface area contributed by atoms with E-state index in [-0.39, 0.29) is 23.5 Å². The first kappa shape index (κ1) is 19.4. The molecule has 2 aromatic rings. The third-order valence-corrected chi connectivity index (χ3v) is 6.78. The fraction of sp³-hybridized carbons (Fsp3) is 0.381. The van der Waals surface area contributed by atoms with Gasteiger partial charge in [-0.25, -0.2) is 8.42 Å². The molecule has 5 nitrogen and oxygen atoms in total. The molecule has 6 heteroatoms. The molecule has 0 unspecified atom stereocenters. The topological polar surface area (TPSA) is 63.7 Å². The first-order valence-corrected chi connectivity index (χ1v) is 11.0. The van der Waals surface area contributed by atoms with Crippen LogP contribution in [0.25, 0.3) is 0 Å². The van der Waals surface area contributed by atoms with E-state index in [0.29, 0.717) is 24.3 Å². The normalized spacial score (nSPS) is 18.2. The van der Waals surface area contributed by atoms with Crippen molar-refractivity contribution in [1.82, 2.24) is 4.90 Å². The zero-order valence-electron chi connectivity index (χ0n) is 15.7. The van der Waals surface area contributed by atoms with E-state index in [0.717, 1.165) is 12.0 Å². The number of amides is 1. The molecule has 1 heterocycles. The lowest BCUT2D eigenvalue weighted by Gasteiger charge is -2.29. The number of methoxy groups -OCH3 is 1. The van der Waals surface area contributed by atoms with Crippen LogP contribution >= 0.6 is 0 Å². The minimum Gasteiger partial charge on any atom is -0.496 e. The van der Waals surface area contributed by atoms with E-state index in [4.69, 9.17) is 4.74 Å². The Bertz CT molecular complexity index is 906. The second-order valence-corrected chi connectivity index (χ2v) is 9.09. The number of hydrogen-bond donors (Lipinski definition) is 0. The maximum atomic E-state index is 13.3. The number of rotatable bonds is 6. The summed E-state index contributed by atoms with van der Waals surface area (Å²) < 4.78 is 29.3. The lowest BCUT2D eigenvalue weighted by molar-refractivity contribution is 0.0677. The Hall–Kier alpha value is -2.34. The van der Waals surface area contributed by atoms with Crippen molar-refractivity contribution in [3.63, 3.8) is 0 Å². The van der Waals surface area contributed by atoms with E-state index in [1.54, 1.807) is 23.1 Å². The Morgan fingerprint density at radius 1 is 1.11 bits per heavy atom. The molecule has 0 aromatic heterocycles. The molecule has 3 rings (SSSR count). The van der Waals surface area contributed by atoms with Crippen LogP contribution < -0.4 is 4.74 Å². The Morgan fingerprint density at radius 2 is 1.78 bits per heavy atom. The lowest BCUT2D eigenvalue weighted by atomic mass is 10.1. The monoisotopic (exact) mass is 387 g/mol. The second-order valence-electron chi connectivity index (χ2n) is 6.86. The van der Waals surface area contributed by atoms with Gasteiger partial charge in [-0.3, -0.25) is 4.79 Å². The Morgan fingerprint density at radius 3 is 2.37 bits per heavy atom. The highest BCUT2D eigenvalue weighted by Gasteiger charge is 2.35. The molecule has 1 atom stereocenters. The molecule has 1 amide bonds. The van der Waals surface area contributed by atoms with Crippen LogP contribution in [-0.4, -0.2) is 43.9 Å². The van der Waals surface area contributed by atoms with Crippen molar-refractivity contribution in [1.29, 1.82) is 0 Å². The summed E-state index contributed by atoms with van der Waals surface area (Å²) in [6.07, 6.45) is 1.42. The van der Waals surface area contributed by atoms with Crippen LogP contribution in [0.1, 0.15) is 34.8 Å². The van der Waals surface area contributed by atoms with Crippen molar-refractivity contribution in [2.45, 2.75) is 32.4 Å². The van der Waals surface area contributed by atoms with Gasteiger partial charge < -0.3 is 9.64 Å². The highest BCUT2D eigenvalue weighted by atomic mass is 32.2. The summed E-state index contributed by atoms with van der Waals surface area (Å²) in [7, 11) is -1.57. The zero-order valence-corrected chi connectivity index (χ0v) is 16.5. The van der Waals surface area contributed by atoms with Crippen LogP contribution in [0.2, 0.25) is 0 Å². The van der Waals surface area contributed by atoms with Crippen molar-refractivity contribution in [2.75, 3.05) is 18.6 Å². The molecular weight excluding hydrogens is 362 g/mol. The van der Waals surface area contributed by atoms with Crippen molar-refractivity contribution < 1.29 is 17.9 Å². The highest BCUT2D eigenvalue weighted by molar-refractivity contribution is 7.91. The van der Waals surface area contributed by atoms with E-state index >= 15 is 0 Å². The summed E-state index contributed by atoms with van der Waals surface area (Å²) in [5, 5.41) is 0. The summed E-state index contributed by atoms with van der Waals surface area (Å²) in [6, 6.07) is 14.8. The largest absolute Gasteiger partial charge is 0.496 e. The number of carbonyl (C=O) groups excluding carboxylic acids is 1. The summed E-state index contributed by atoms with van der Waals surface area (Å²) in [5.74, 6) is 0.437. The quantitative estimate of drug-likeness (QED) is 0.764. The van der Waals surface area contributed by atoms with Gasteiger partial charge in [0.2, 0.25) is 0 Å². The molecule has 0 spiro atoms. The van der Waals surface area contributed by atoms with Gasteiger partial charge in [0.1, 0.15) is 5.75 Å². The van der Waals surface area contributed by atoms with Gasteiger partial charge in [0, 0.05) is 12.6 Å². The number of nitrogens with zero attached hydrogens (tertiary/aromatic N) is 1. The maximum absolute atomic E-state index is 13.3. The van der Waals surface area contributed by atoms with Gasteiger partial charge in [0.05, 0.1) is 24.2 Å². The van der Waals surface area contributed by atoms with Gasteiger partial charge in [-0.2, -0.15) is 0 Å². The molecule has 27 heavy (non-hydrogen) atoms. The molecule has 144 valence electrons. The predicted molar refractivity (Wildman–Crippen MR) is 106 cm³/mol. The van der Waals surface area contributed by atoms with Crippen LogP contribution in [0, 0.1) is 0 Å². The van der Waals surface area contributed by atoms with Crippen LogP contribution in [0.15, 0.2) is 48.5 Å². The maximum Gasteiger partial charge on any atom is 0.258 e. The first-order valence-electron chi connectivity index (χ1n) is 9.15. The Balaban J connectivity index is 1.92. The lowest BCUT2D eigenvalue weighted by Crippen LogP contribution is -2.40. The number of benzene rings is 2. The minimum atomic E-state index is -3.10. The second kappa shape index (κ2) is 8.13. The van der Waals surface area contributed by atoms with E-state index in [9.17, 15) is 13.2 Å². The SMILES string of the molecule is CCc1ccc(CN(C(=O)c2ccccc2OC)[C@@H]2CCS(=O)(=O)C2)cc1. The standard InChI is InChI=1S/C21H25NO4S/c1-3-16-8-10-17(11-9-16)14-22(18-12-13-27(24,25)15-18)21(23)19-6-4-5-7-20(19)26-2/h4-11,18H,3,12-15H2,1-2H3/t18-/m1/s1. The highest BCUT2D eigenvalue weighted by Crippen LogP contribution is 2.26. The molecule has 1 aliphatic rings. The first-order chi connectivity index (χ1) is 12.9. The summed E-state index contributed by atoms with van der Waals surface area (Å²) >= 11 is 0. The number of sulfone groups is 1. The van der Waals surface area contributed by atoms with Crippen LogP contribution in [0.5, 0.6) is 5.75 Å². The number of aryl methyl sites for hydroxylation is 1.